The van der Waals surface area contributed by atoms with Crippen molar-refractivity contribution in [3.8, 4) is 0 Å². The standard InChI is InChI=1S/C8HF17O3S/c9-1(5(15,16)17,4(13,14)7(21,22)23)3(11,12)2(10,6(18,19)20)8(24,25)29(26,27)28/h(H,26,27,28)/p-1. The van der Waals surface area contributed by atoms with E-state index in [0.29, 0.717) is 0 Å². The van der Waals surface area contributed by atoms with Crippen LogP contribution in [0, 0.1) is 0 Å². The fourth-order valence-electron chi connectivity index (χ4n) is 1.68. The molecule has 176 valence electrons. The van der Waals surface area contributed by atoms with Gasteiger partial charge in [0.05, 0.1) is 0 Å². The molecule has 0 amide bonds. The fourth-order valence-corrected chi connectivity index (χ4v) is 2.27. The van der Waals surface area contributed by atoms with Gasteiger partial charge < -0.3 is 4.55 Å². The Morgan fingerprint density at radius 3 is 0.897 bits per heavy atom. The lowest BCUT2D eigenvalue weighted by Crippen LogP contribution is -2.81. The summed E-state index contributed by atoms with van der Waals surface area (Å²) in [4.78, 5) is 0. The lowest BCUT2D eigenvalue weighted by atomic mass is 9.79. The summed E-state index contributed by atoms with van der Waals surface area (Å²) in [5.41, 5.74) is -18.3. The van der Waals surface area contributed by atoms with Crippen LogP contribution in [-0.4, -0.2) is 59.9 Å². The van der Waals surface area contributed by atoms with Crippen molar-refractivity contribution in [1.82, 2.24) is 0 Å². The summed E-state index contributed by atoms with van der Waals surface area (Å²) < 4.78 is 247. The second-order valence-corrected chi connectivity index (χ2v) is 6.35. The molecule has 0 rings (SSSR count). The molecule has 0 bridgehead atoms. The average molecular weight is 499 g/mol. The number of halogens is 17. The zero-order chi connectivity index (χ0) is 24.5. The Morgan fingerprint density at radius 1 is 0.448 bits per heavy atom. The van der Waals surface area contributed by atoms with Gasteiger partial charge in [-0.3, -0.25) is 0 Å². The van der Waals surface area contributed by atoms with Gasteiger partial charge in [0.25, 0.3) is 0 Å². The Morgan fingerprint density at radius 2 is 0.724 bits per heavy atom. The third-order valence-corrected chi connectivity index (χ3v) is 4.06. The van der Waals surface area contributed by atoms with E-state index in [1.54, 1.807) is 0 Å². The topological polar surface area (TPSA) is 57.2 Å². The highest BCUT2D eigenvalue weighted by Gasteiger charge is 3.00. The van der Waals surface area contributed by atoms with E-state index in [1.165, 1.54) is 0 Å². The summed E-state index contributed by atoms with van der Waals surface area (Å²) in [5.74, 6) is -18.1. The van der Waals surface area contributed by atoms with Crippen LogP contribution < -0.4 is 0 Å². The van der Waals surface area contributed by atoms with Crippen molar-refractivity contribution in [2.75, 3.05) is 0 Å². The molecule has 0 radical (unpaired) electrons. The van der Waals surface area contributed by atoms with Crippen molar-refractivity contribution in [2.45, 2.75) is 47.0 Å². The molecule has 0 fully saturated rings. The second kappa shape index (κ2) is 6.36. The Kier molecular flexibility index (Phi) is 6.08. The first-order chi connectivity index (χ1) is 12.0. The Labute approximate surface area is 146 Å². The smallest absolute Gasteiger partial charge is 0.457 e. The number of alkyl halides is 17. The Hall–Kier alpha value is -1.28. The van der Waals surface area contributed by atoms with Gasteiger partial charge >= 0.3 is 47.0 Å². The molecule has 0 aliphatic heterocycles. The minimum atomic E-state index is -9.32. The van der Waals surface area contributed by atoms with E-state index in [2.05, 4.69) is 0 Å². The molecule has 0 saturated carbocycles. The molecule has 0 aromatic heterocycles. The molecule has 0 aromatic rings. The van der Waals surface area contributed by atoms with Gasteiger partial charge in [0.15, 0.2) is 10.1 Å². The van der Waals surface area contributed by atoms with Crippen molar-refractivity contribution < 1.29 is 87.6 Å². The zero-order valence-corrected chi connectivity index (χ0v) is 12.9. The quantitative estimate of drug-likeness (QED) is 0.414. The normalized spacial score (nSPS) is 20.2. The molecule has 0 spiro atoms. The Balaban J connectivity index is 7.74. The third-order valence-electron chi connectivity index (χ3n) is 3.15. The largest absolute Gasteiger partial charge is 0.743 e. The third kappa shape index (κ3) is 3.26. The van der Waals surface area contributed by atoms with Crippen LogP contribution in [-0.2, 0) is 10.1 Å². The molecule has 3 nitrogen and oxygen atoms in total. The maximum absolute atomic E-state index is 13.6. The van der Waals surface area contributed by atoms with Gasteiger partial charge in [0.2, 0.25) is 0 Å². The van der Waals surface area contributed by atoms with Crippen LogP contribution in [0.5, 0.6) is 0 Å². The van der Waals surface area contributed by atoms with Crippen LogP contribution in [0.25, 0.3) is 0 Å². The predicted molar refractivity (Wildman–Crippen MR) is 50.4 cm³/mol. The highest BCUT2D eigenvalue weighted by Crippen LogP contribution is 2.67. The highest BCUT2D eigenvalue weighted by atomic mass is 32.2. The fraction of sp³-hybridized carbons (Fsp3) is 1.00. The summed E-state index contributed by atoms with van der Waals surface area (Å²) >= 11 is 0. The molecule has 0 heterocycles. The van der Waals surface area contributed by atoms with Gasteiger partial charge in [-0.05, 0) is 0 Å². The molecule has 0 aliphatic carbocycles. The average Bonchev–Trinajstić information content (AvgIpc) is 2.39. The lowest BCUT2D eigenvalue weighted by Gasteiger charge is -2.47. The van der Waals surface area contributed by atoms with Gasteiger partial charge in [-0.2, -0.15) is 65.9 Å². The molecule has 21 heteroatoms. The Bertz CT molecular complexity index is 729. The van der Waals surface area contributed by atoms with E-state index < -0.39 is 57.1 Å². The number of hydrogen-bond acceptors (Lipinski definition) is 3. The summed E-state index contributed by atoms with van der Waals surface area (Å²) in [6, 6.07) is 0. The van der Waals surface area contributed by atoms with E-state index >= 15 is 0 Å². The van der Waals surface area contributed by atoms with Crippen molar-refractivity contribution >= 4 is 10.1 Å². The van der Waals surface area contributed by atoms with Crippen LogP contribution in [0.2, 0.25) is 0 Å². The van der Waals surface area contributed by atoms with Crippen molar-refractivity contribution in [1.29, 1.82) is 0 Å². The van der Waals surface area contributed by atoms with E-state index in [4.69, 9.17) is 0 Å². The molecule has 2 atom stereocenters. The molecule has 0 N–H and O–H groups in total. The SMILES string of the molecule is O=S(=O)([O-])C(F)(F)C(F)(C(F)(F)F)C(F)(F)C(F)(C(F)(F)F)C(F)(F)C(F)(F)F. The van der Waals surface area contributed by atoms with Gasteiger partial charge in [-0.15, -0.1) is 0 Å². The van der Waals surface area contributed by atoms with E-state index in [-0.39, 0.29) is 0 Å². The number of rotatable bonds is 5. The highest BCUT2D eigenvalue weighted by molar-refractivity contribution is 7.86. The first-order valence-electron chi connectivity index (χ1n) is 5.67. The van der Waals surface area contributed by atoms with Gasteiger partial charge in [-0.25, -0.2) is 17.2 Å². The molecular formula is C8F17O3S-. The van der Waals surface area contributed by atoms with Crippen molar-refractivity contribution in [2.24, 2.45) is 0 Å². The monoisotopic (exact) mass is 499 g/mol. The summed E-state index contributed by atoms with van der Waals surface area (Å²) in [7, 11) is -8.53. The minimum Gasteiger partial charge on any atom is -0.743 e. The zero-order valence-electron chi connectivity index (χ0n) is 12.1. The van der Waals surface area contributed by atoms with Gasteiger partial charge in [-0.1, -0.05) is 0 Å². The maximum Gasteiger partial charge on any atom is 0.457 e. The van der Waals surface area contributed by atoms with Crippen molar-refractivity contribution in [3.05, 3.63) is 0 Å². The first-order valence-corrected chi connectivity index (χ1v) is 7.08. The van der Waals surface area contributed by atoms with Crippen molar-refractivity contribution in [3.63, 3.8) is 0 Å². The maximum atomic E-state index is 13.6. The summed E-state index contributed by atoms with van der Waals surface area (Å²) in [6.07, 6.45) is -25.4. The second-order valence-electron chi connectivity index (χ2n) is 4.93. The molecule has 0 aliphatic rings. The van der Waals surface area contributed by atoms with Crippen LogP contribution in [0.1, 0.15) is 0 Å². The van der Waals surface area contributed by atoms with E-state index in [9.17, 15) is 87.6 Å². The lowest BCUT2D eigenvalue weighted by molar-refractivity contribution is -0.462. The van der Waals surface area contributed by atoms with Crippen LogP contribution >= 0.6 is 0 Å². The molecule has 2 unspecified atom stereocenters. The van der Waals surface area contributed by atoms with Gasteiger partial charge in [0, 0.05) is 0 Å². The molecule has 0 saturated heterocycles. The number of hydrogen-bond donors (Lipinski definition) is 0. The first kappa shape index (κ1) is 27.7. The summed E-state index contributed by atoms with van der Waals surface area (Å²) in [5, 5.41) is -8.44. The molecular weight excluding hydrogens is 499 g/mol. The van der Waals surface area contributed by atoms with Crippen LogP contribution in [0.15, 0.2) is 0 Å². The van der Waals surface area contributed by atoms with Gasteiger partial charge in [0.1, 0.15) is 0 Å². The summed E-state index contributed by atoms with van der Waals surface area (Å²) in [6.45, 7) is 0. The minimum absolute atomic E-state index is 8.22. The molecule has 0 aromatic carbocycles. The van der Waals surface area contributed by atoms with E-state index in [1.807, 2.05) is 0 Å². The van der Waals surface area contributed by atoms with Crippen LogP contribution in [0.3, 0.4) is 0 Å². The predicted octanol–water partition coefficient (Wildman–Crippen LogP) is 4.50. The van der Waals surface area contributed by atoms with Crippen LogP contribution in [0.4, 0.5) is 74.6 Å². The van der Waals surface area contributed by atoms with E-state index in [0.717, 1.165) is 0 Å². The molecule has 29 heavy (non-hydrogen) atoms.